The molecule has 0 atom stereocenters. The summed E-state index contributed by atoms with van der Waals surface area (Å²) in [5.41, 5.74) is -2.55. The van der Waals surface area contributed by atoms with E-state index in [-0.39, 0.29) is 16.7 Å². The van der Waals surface area contributed by atoms with Gasteiger partial charge in [-0.25, -0.2) is 4.79 Å². The van der Waals surface area contributed by atoms with Crippen molar-refractivity contribution in [3.8, 4) is 0 Å². The molecule has 0 radical (unpaired) electrons. The fraction of sp³-hybridized carbons (Fsp3) is 0.125. The summed E-state index contributed by atoms with van der Waals surface area (Å²) in [6.45, 7) is 0. The Morgan fingerprint density at radius 3 is 1.80 bits per heavy atom. The zero-order valence-electron chi connectivity index (χ0n) is 15.4. The Balaban J connectivity index is 2.13. The Hall–Kier alpha value is -4.62. The van der Waals surface area contributed by atoms with Crippen LogP contribution in [0.2, 0.25) is 0 Å². The third kappa shape index (κ3) is 3.32. The maximum absolute atomic E-state index is 12.6. The molecule has 0 fully saturated rings. The lowest BCUT2D eigenvalue weighted by Crippen LogP contribution is -2.19. The van der Waals surface area contributed by atoms with Crippen molar-refractivity contribution in [3.63, 3.8) is 0 Å². The average Bonchev–Trinajstić information content (AvgIpc) is 2.90. The summed E-state index contributed by atoms with van der Waals surface area (Å²) >= 11 is 0. The van der Waals surface area contributed by atoms with E-state index >= 15 is 0 Å². The van der Waals surface area contributed by atoms with Gasteiger partial charge >= 0.3 is 5.69 Å². The van der Waals surface area contributed by atoms with Crippen LogP contribution in [0.5, 0.6) is 0 Å². The molecule has 1 N–H and O–H groups in total. The number of anilines is 1. The number of nitrogens with one attached hydrogen (secondary N) is 1. The van der Waals surface area contributed by atoms with Crippen LogP contribution in [0.3, 0.4) is 0 Å². The third-order valence-electron chi connectivity index (χ3n) is 4.42. The zero-order chi connectivity index (χ0) is 22.3. The van der Waals surface area contributed by atoms with Crippen molar-refractivity contribution in [1.29, 1.82) is 0 Å². The Morgan fingerprint density at radius 2 is 1.33 bits per heavy atom. The number of non-ortho nitro benzene ring substituents is 2. The molecule has 154 valence electrons. The minimum absolute atomic E-state index is 0.248. The molecule has 0 saturated carbocycles. The molecule has 1 amide bonds. The molecular formula is C16H12N6O8. The molecule has 1 heterocycles. The highest BCUT2D eigenvalue weighted by Gasteiger charge is 2.24. The maximum Gasteiger partial charge on any atom is 0.328 e. The van der Waals surface area contributed by atoms with E-state index in [2.05, 4.69) is 5.32 Å². The predicted molar refractivity (Wildman–Crippen MR) is 103 cm³/mol. The van der Waals surface area contributed by atoms with Gasteiger partial charge in [0.05, 0.1) is 37.4 Å². The van der Waals surface area contributed by atoms with Crippen molar-refractivity contribution in [1.82, 2.24) is 9.13 Å². The van der Waals surface area contributed by atoms with E-state index in [1.54, 1.807) is 0 Å². The number of amides is 1. The highest BCUT2D eigenvalue weighted by atomic mass is 16.6. The average molecular weight is 416 g/mol. The number of nitro benzene ring substituents is 3. The van der Waals surface area contributed by atoms with E-state index in [9.17, 15) is 39.9 Å². The zero-order valence-corrected chi connectivity index (χ0v) is 15.4. The fourth-order valence-corrected chi connectivity index (χ4v) is 2.92. The summed E-state index contributed by atoms with van der Waals surface area (Å²) in [5, 5.41) is 35.7. The summed E-state index contributed by atoms with van der Waals surface area (Å²) in [6, 6.07) is 4.61. The SMILES string of the molecule is Cn1c(=O)n(C)c2cc([N+](=O)[O-])c(NC(=O)c3cc([N+](=O)[O-])cc([N+](=O)[O-])c3)cc21. The molecule has 0 bridgehead atoms. The molecule has 14 nitrogen and oxygen atoms in total. The van der Waals surface area contributed by atoms with Gasteiger partial charge < -0.3 is 5.32 Å². The lowest BCUT2D eigenvalue weighted by molar-refractivity contribution is -0.394. The number of hydrogen-bond acceptors (Lipinski definition) is 8. The lowest BCUT2D eigenvalue weighted by atomic mass is 10.1. The first-order chi connectivity index (χ1) is 14.0. The number of carbonyl (C=O) groups is 1. The van der Waals surface area contributed by atoms with Gasteiger partial charge in [-0.1, -0.05) is 0 Å². The minimum atomic E-state index is -1.04. The van der Waals surface area contributed by atoms with Crippen LogP contribution in [0.1, 0.15) is 10.4 Å². The van der Waals surface area contributed by atoms with E-state index in [4.69, 9.17) is 0 Å². The van der Waals surface area contributed by atoms with E-state index in [1.807, 2.05) is 0 Å². The topological polar surface area (TPSA) is 185 Å². The molecule has 0 aliphatic heterocycles. The summed E-state index contributed by atoms with van der Waals surface area (Å²) in [4.78, 5) is 55.5. The molecule has 2 aromatic carbocycles. The van der Waals surface area contributed by atoms with Gasteiger partial charge in [0.15, 0.2) is 0 Å². The predicted octanol–water partition coefficient (Wildman–Crippen LogP) is 1.85. The highest BCUT2D eigenvalue weighted by molar-refractivity contribution is 6.07. The van der Waals surface area contributed by atoms with E-state index < -0.39 is 49.0 Å². The van der Waals surface area contributed by atoms with Crippen LogP contribution >= 0.6 is 0 Å². The number of rotatable bonds is 5. The first-order valence-corrected chi connectivity index (χ1v) is 8.10. The van der Waals surface area contributed by atoms with Crippen molar-refractivity contribution < 1.29 is 19.6 Å². The molecule has 30 heavy (non-hydrogen) atoms. The Bertz CT molecular complexity index is 1290. The first kappa shape index (κ1) is 20.1. The van der Waals surface area contributed by atoms with E-state index in [1.165, 1.54) is 29.3 Å². The second kappa shape index (κ2) is 7.08. The summed E-state index contributed by atoms with van der Waals surface area (Å²) in [7, 11) is 2.86. The van der Waals surface area contributed by atoms with Gasteiger partial charge in [0.1, 0.15) is 5.69 Å². The number of fused-ring (bicyclic) bond motifs is 1. The number of carbonyl (C=O) groups excluding carboxylic acids is 1. The van der Waals surface area contributed by atoms with Crippen LogP contribution in [0.15, 0.2) is 35.1 Å². The first-order valence-electron chi connectivity index (χ1n) is 8.10. The van der Waals surface area contributed by atoms with Gasteiger partial charge in [0.25, 0.3) is 23.0 Å². The quantitative estimate of drug-likeness (QED) is 0.482. The van der Waals surface area contributed by atoms with Crippen molar-refractivity contribution in [2.75, 3.05) is 5.32 Å². The second-order valence-electron chi connectivity index (χ2n) is 6.22. The summed E-state index contributed by atoms with van der Waals surface area (Å²) in [6.07, 6.45) is 0. The fourth-order valence-electron chi connectivity index (χ4n) is 2.92. The van der Waals surface area contributed by atoms with Crippen LogP contribution < -0.4 is 11.0 Å². The molecule has 3 aromatic rings. The molecule has 0 unspecified atom stereocenters. The van der Waals surface area contributed by atoms with E-state index in [0.29, 0.717) is 6.07 Å². The van der Waals surface area contributed by atoms with Gasteiger partial charge in [0.2, 0.25) is 0 Å². The normalized spacial score (nSPS) is 10.7. The van der Waals surface area contributed by atoms with Crippen molar-refractivity contribution in [2.24, 2.45) is 14.1 Å². The minimum Gasteiger partial charge on any atom is -0.316 e. The molecular weight excluding hydrogens is 404 g/mol. The Labute approximate surface area is 165 Å². The number of nitrogens with zero attached hydrogens (tertiary/aromatic N) is 5. The molecule has 14 heteroatoms. The van der Waals surface area contributed by atoms with Crippen molar-refractivity contribution in [2.45, 2.75) is 0 Å². The van der Waals surface area contributed by atoms with Crippen LogP contribution in [-0.2, 0) is 14.1 Å². The monoisotopic (exact) mass is 416 g/mol. The third-order valence-corrected chi connectivity index (χ3v) is 4.42. The lowest BCUT2D eigenvalue weighted by Gasteiger charge is -2.07. The second-order valence-corrected chi connectivity index (χ2v) is 6.22. The Kier molecular flexibility index (Phi) is 4.75. The standard InChI is InChI=1S/C16H12N6O8/c1-18-13-6-11(12(22(29)30)7-14(13)19(2)16(18)24)17-15(23)8-3-9(20(25)26)5-10(4-8)21(27)28/h3-7H,1-2H3,(H,17,23). The van der Waals surface area contributed by atoms with Crippen LogP contribution in [0.4, 0.5) is 22.7 Å². The molecule has 0 aliphatic carbocycles. The van der Waals surface area contributed by atoms with Crippen molar-refractivity contribution in [3.05, 3.63) is 76.7 Å². The number of imidazole rings is 1. The molecule has 1 aromatic heterocycles. The van der Waals surface area contributed by atoms with Crippen LogP contribution in [0.25, 0.3) is 11.0 Å². The van der Waals surface area contributed by atoms with Crippen LogP contribution in [-0.4, -0.2) is 29.8 Å². The maximum atomic E-state index is 12.6. The molecule has 0 aliphatic rings. The molecule has 0 spiro atoms. The number of benzene rings is 2. The number of aryl methyl sites for hydroxylation is 2. The van der Waals surface area contributed by atoms with Crippen LogP contribution in [0, 0.1) is 30.3 Å². The largest absolute Gasteiger partial charge is 0.328 e. The van der Waals surface area contributed by atoms with Crippen molar-refractivity contribution >= 4 is 39.7 Å². The molecule has 0 saturated heterocycles. The summed E-state index contributed by atoms with van der Waals surface area (Å²) in [5.74, 6) is -1.04. The summed E-state index contributed by atoms with van der Waals surface area (Å²) < 4.78 is 2.41. The molecule has 3 rings (SSSR count). The Morgan fingerprint density at radius 1 is 0.833 bits per heavy atom. The van der Waals surface area contributed by atoms with Gasteiger partial charge in [-0.2, -0.15) is 0 Å². The smallest absolute Gasteiger partial charge is 0.316 e. The van der Waals surface area contributed by atoms with Gasteiger partial charge in [0, 0.05) is 32.3 Å². The highest BCUT2D eigenvalue weighted by Crippen LogP contribution is 2.31. The number of nitro groups is 3. The number of aromatic nitrogens is 2. The van der Waals surface area contributed by atoms with E-state index in [0.717, 1.165) is 18.2 Å². The van der Waals surface area contributed by atoms with Gasteiger partial charge in [-0.05, 0) is 6.07 Å². The van der Waals surface area contributed by atoms with Gasteiger partial charge in [-0.15, -0.1) is 0 Å². The van der Waals surface area contributed by atoms with Gasteiger partial charge in [-0.3, -0.25) is 44.3 Å². The number of hydrogen-bond donors (Lipinski definition) is 1.